The van der Waals surface area contributed by atoms with E-state index >= 15 is 0 Å². The van der Waals surface area contributed by atoms with Crippen molar-refractivity contribution in [3.63, 3.8) is 0 Å². The topological polar surface area (TPSA) is 23.8 Å². The van der Waals surface area contributed by atoms with Crippen LogP contribution in [-0.4, -0.2) is 0 Å². The summed E-state index contributed by atoms with van der Waals surface area (Å²) in [6, 6.07) is 18.3. The van der Waals surface area contributed by atoms with E-state index in [0.29, 0.717) is 5.56 Å². The number of benzene rings is 2. The number of rotatable bonds is 2. The molecule has 0 saturated heterocycles. The van der Waals surface area contributed by atoms with Gasteiger partial charge in [-0.2, -0.15) is 5.26 Å². The third-order valence-electron chi connectivity index (χ3n) is 2.74. The molecule has 2 aromatic rings. The van der Waals surface area contributed by atoms with Gasteiger partial charge >= 0.3 is 0 Å². The molecule has 2 aromatic carbocycles. The lowest BCUT2D eigenvalue weighted by molar-refractivity contribution is 1.15. The second-order valence-corrected chi connectivity index (χ2v) is 3.91. The standard InChI is InChI=1S/C15H13N/c1-12-4-2-3-5-15(12)10-13-6-8-14(11-16)9-7-13/h2-9H,10H2,1H3. The van der Waals surface area contributed by atoms with Crippen LogP contribution in [0.4, 0.5) is 0 Å². The summed E-state index contributed by atoms with van der Waals surface area (Å²) in [5.41, 5.74) is 4.61. The van der Waals surface area contributed by atoms with Crippen LogP contribution in [0, 0.1) is 18.3 Å². The van der Waals surface area contributed by atoms with Crippen LogP contribution in [0.15, 0.2) is 48.5 Å². The summed E-state index contributed by atoms with van der Waals surface area (Å²) in [7, 11) is 0. The average molecular weight is 207 g/mol. The normalized spacial score (nSPS) is 9.75. The highest BCUT2D eigenvalue weighted by atomic mass is 14.2. The van der Waals surface area contributed by atoms with Crippen LogP contribution in [0.2, 0.25) is 0 Å². The van der Waals surface area contributed by atoms with Gasteiger partial charge in [-0.15, -0.1) is 0 Å². The Morgan fingerprint density at radius 2 is 1.69 bits per heavy atom. The number of hydrogen-bond donors (Lipinski definition) is 0. The van der Waals surface area contributed by atoms with Crippen molar-refractivity contribution >= 4 is 0 Å². The molecular formula is C15H13N. The van der Waals surface area contributed by atoms with Gasteiger partial charge < -0.3 is 0 Å². The zero-order valence-electron chi connectivity index (χ0n) is 9.27. The van der Waals surface area contributed by atoms with Crippen molar-refractivity contribution in [3.05, 3.63) is 70.8 Å². The fourth-order valence-electron chi connectivity index (χ4n) is 1.73. The van der Waals surface area contributed by atoms with Gasteiger partial charge in [-0.05, 0) is 42.2 Å². The molecule has 0 aromatic heterocycles. The van der Waals surface area contributed by atoms with E-state index in [1.165, 1.54) is 16.7 Å². The molecule has 0 N–H and O–H groups in total. The van der Waals surface area contributed by atoms with Gasteiger partial charge in [-0.3, -0.25) is 0 Å². The Morgan fingerprint density at radius 3 is 2.31 bits per heavy atom. The van der Waals surface area contributed by atoms with Crippen molar-refractivity contribution in [2.75, 3.05) is 0 Å². The molecule has 2 rings (SSSR count). The maximum Gasteiger partial charge on any atom is 0.0991 e. The maximum absolute atomic E-state index is 8.71. The van der Waals surface area contributed by atoms with Crippen LogP contribution < -0.4 is 0 Å². The van der Waals surface area contributed by atoms with E-state index in [4.69, 9.17) is 5.26 Å². The molecule has 0 spiro atoms. The van der Waals surface area contributed by atoms with Crippen molar-refractivity contribution in [3.8, 4) is 6.07 Å². The molecule has 16 heavy (non-hydrogen) atoms. The Hall–Kier alpha value is -2.07. The highest BCUT2D eigenvalue weighted by Crippen LogP contribution is 2.13. The molecular weight excluding hydrogens is 194 g/mol. The Balaban J connectivity index is 2.22. The monoisotopic (exact) mass is 207 g/mol. The molecule has 0 aliphatic heterocycles. The van der Waals surface area contributed by atoms with Crippen LogP contribution in [0.25, 0.3) is 0 Å². The van der Waals surface area contributed by atoms with Crippen molar-refractivity contribution in [2.45, 2.75) is 13.3 Å². The van der Waals surface area contributed by atoms with Crippen molar-refractivity contribution in [1.29, 1.82) is 5.26 Å². The fraction of sp³-hybridized carbons (Fsp3) is 0.133. The first-order valence-electron chi connectivity index (χ1n) is 5.33. The van der Waals surface area contributed by atoms with Crippen LogP contribution in [0.5, 0.6) is 0 Å². The van der Waals surface area contributed by atoms with Gasteiger partial charge in [0.25, 0.3) is 0 Å². The third kappa shape index (κ3) is 2.29. The van der Waals surface area contributed by atoms with Gasteiger partial charge in [0.15, 0.2) is 0 Å². The first kappa shape index (κ1) is 10.4. The lowest BCUT2D eigenvalue weighted by atomic mass is 10.00. The fourth-order valence-corrected chi connectivity index (χ4v) is 1.73. The van der Waals surface area contributed by atoms with E-state index in [1.54, 1.807) is 0 Å². The summed E-state index contributed by atoms with van der Waals surface area (Å²) in [6.07, 6.45) is 0.929. The molecule has 0 unspecified atom stereocenters. The van der Waals surface area contributed by atoms with Crippen LogP contribution in [0.3, 0.4) is 0 Å². The number of nitrogens with zero attached hydrogens (tertiary/aromatic N) is 1. The first-order chi connectivity index (χ1) is 7.79. The van der Waals surface area contributed by atoms with Crippen molar-refractivity contribution in [1.82, 2.24) is 0 Å². The van der Waals surface area contributed by atoms with Gasteiger partial charge in [0.1, 0.15) is 0 Å². The number of hydrogen-bond acceptors (Lipinski definition) is 1. The molecule has 0 fully saturated rings. The van der Waals surface area contributed by atoms with E-state index in [2.05, 4.69) is 37.3 Å². The lowest BCUT2D eigenvalue weighted by Crippen LogP contribution is -1.91. The average Bonchev–Trinajstić information content (AvgIpc) is 2.33. The first-order valence-corrected chi connectivity index (χ1v) is 5.33. The van der Waals surface area contributed by atoms with Gasteiger partial charge in [-0.1, -0.05) is 36.4 Å². The largest absolute Gasteiger partial charge is 0.192 e. The maximum atomic E-state index is 8.71. The SMILES string of the molecule is Cc1ccccc1Cc1ccc(C#N)cc1. The summed E-state index contributed by atoms with van der Waals surface area (Å²) in [6.45, 7) is 2.12. The Labute approximate surface area is 96.0 Å². The van der Waals surface area contributed by atoms with E-state index in [9.17, 15) is 0 Å². The van der Waals surface area contributed by atoms with Gasteiger partial charge in [0.2, 0.25) is 0 Å². The van der Waals surface area contributed by atoms with Crippen molar-refractivity contribution < 1.29 is 0 Å². The molecule has 0 aliphatic carbocycles. The molecule has 78 valence electrons. The predicted octanol–water partition coefficient (Wildman–Crippen LogP) is 3.46. The van der Waals surface area contributed by atoms with Gasteiger partial charge in [-0.25, -0.2) is 0 Å². The quantitative estimate of drug-likeness (QED) is 0.739. The molecule has 0 atom stereocenters. The summed E-state index contributed by atoms with van der Waals surface area (Å²) in [4.78, 5) is 0. The summed E-state index contributed by atoms with van der Waals surface area (Å²) in [5.74, 6) is 0. The zero-order chi connectivity index (χ0) is 11.4. The molecule has 0 aliphatic rings. The summed E-state index contributed by atoms with van der Waals surface area (Å²) >= 11 is 0. The third-order valence-corrected chi connectivity index (χ3v) is 2.74. The van der Waals surface area contributed by atoms with E-state index in [0.717, 1.165) is 6.42 Å². The Morgan fingerprint density at radius 1 is 1.00 bits per heavy atom. The minimum Gasteiger partial charge on any atom is -0.192 e. The smallest absolute Gasteiger partial charge is 0.0991 e. The Bertz CT molecular complexity index is 518. The van der Waals surface area contributed by atoms with Crippen LogP contribution in [-0.2, 0) is 6.42 Å². The highest BCUT2D eigenvalue weighted by molar-refractivity contribution is 5.36. The summed E-state index contributed by atoms with van der Waals surface area (Å²) < 4.78 is 0. The van der Waals surface area contributed by atoms with E-state index in [-0.39, 0.29) is 0 Å². The molecule has 0 bridgehead atoms. The second-order valence-electron chi connectivity index (χ2n) is 3.91. The summed E-state index contributed by atoms with van der Waals surface area (Å²) in [5, 5.41) is 8.71. The Kier molecular flexibility index (Phi) is 3.03. The molecule has 0 radical (unpaired) electrons. The molecule has 0 saturated carbocycles. The second kappa shape index (κ2) is 4.63. The van der Waals surface area contributed by atoms with Crippen LogP contribution in [0.1, 0.15) is 22.3 Å². The van der Waals surface area contributed by atoms with Gasteiger partial charge in [0.05, 0.1) is 11.6 Å². The minimum absolute atomic E-state index is 0.716. The lowest BCUT2D eigenvalue weighted by Gasteiger charge is -2.05. The van der Waals surface area contributed by atoms with Crippen molar-refractivity contribution in [2.24, 2.45) is 0 Å². The van der Waals surface area contributed by atoms with Gasteiger partial charge in [0, 0.05) is 0 Å². The molecule has 1 nitrogen and oxygen atoms in total. The zero-order valence-corrected chi connectivity index (χ0v) is 9.27. The predicted molar refractivity (Wildman–Crippen MR) is 65.1 cm³/mol. The van der Waals surface area contributed by atoms with E-state index < -0.39 is 0 Å². The van der Waals surface area contributed by atoms with E-state index in [1.807, 2.05) is 24.3 Å². The molecule has 1 heteroatoms. The number of aryl methyl sites for hydroxylation is 1. The van der Waals surface area contributed by atoms with Crippen LogP contribution >= 0.6 is 0 Å². The number of nitriles is 1. The highest BCUT2D eigenvalue weighted by Gasteiger charge is 1.99. The molecule has 0 amide bonds. The molecule has 0 heterocycles. The minimum atomic E-state index is 0.716.